The zero-order valence-electron chi connectivity index (χ0n) is 24.6. The van der Waals surface area contributed by atoms with Crippen LogP contribution in [0.4, 0.5) is 0 Å². The Morgan fingerprint density at radius 1 is 0.512 bits per heavy atom. The summed E-state index contributed by atoms with van der Waals surface area (Å²) in [6.45, 7) is 7.75. The van der Waals surface area contributed by atoms with Crippen molar-refractivity contribution < 1.29 is 33.2 Å². The van der Waals surface area contributed by atoms with Crippen molar-refractivity contribution in [2.75, 3.05) is 39.6 Å². The van der Waals surface area contributed by atoms with E-state index >= 15 is 0 Å². The van der Waals surface area contributed by atoms with Crippen molar-refractivity contribution in [3.63, 3.8) is 0 Å². The Kier molecular flexibility index (Phi) is 9.43. The minimum atomic E-state index is -0.0944. The van der Waals surface area contributed by atoms with Gasteiger partial charge >= 0.3 is 0 Å². The fraction of sp³-hybridized carbons (Fsp3) is 0.333. The molecule has 0 spiro atoms. The number of hydrogen-bond donors (Lipinski definition) is 0. The minimum Gasteiger partial charge on any atom is -0.491 e. The fourth-order valence-electron chi connectivity index (χ4n) is 4.58. The van der Waals surface area contributed by atoms with Crippen LogP contribution in [-0.4, -0.2) is 64.1 Å². The summed E-state index contributed by atoms with van der Waals surface area (Å²) < 4.78 is 39.8. The molecule has 43 heavy (non-hydrogen) atoms. The van der Waals surface area contributed by atoms with E-state index in [1.165, 1.54) is 0 Å². The van der Waals surface area contributed by atoms with Gasteiger partial charge in [0.25, 0.3) is 0 Å². The predicted octanol–water partition coefficient (Wildman–Crippen LogP) is 6.83. The molecule has 2 fully saturated rings. The quantitative estimate of drug-likeness (QED) is 0.134. The molecule has 2 aliphatic heterocycles. The average Bonchev–Trinajstić information content (AvgIpc) is 3.97. The van der Waals surface area contributed by atoms with Gasteiger partial charge in [-0.2, -0.15) is 0 Å². The van der Waals surface area contributed by atoms with Crippen LogP contribution in [0.3, 0.4) is 0 Å². The number of rotatable bonds is 16. The summed E-state index contributed by atoms with van der Waals surface area (Å²) in [5.41, 5.74) is 4.49. The van der Waals surface area contributed by atoms with Crippen molar-refractivity contribution in [3.05, 3.63) is 97.1 Å². The van der Waals surface area contributed by atoms with Crippen LogP contribution in [-0.2, 0) is 14.2 Å². The molecule has 4 atom stereocenters. The highest BCUT2D eigenvalue weighted by Gasteiger charge is 2.23. The molecule has 4 unspecified atom stereocenters. The Hall–Kier alpha value is -4.04. The maximum Gasteiger partial charge on any atom is 0.119 e. The Labute approximate surface area is 253 Å². The first kappa shape index (κ1) is 29.1. The lowest BCUT2D eigenvalue weighted by Crippen LogP contribution is -2.25. The molecule has 0 saturated carbocycles. The van der Waals surface area contributed by atoms with Crippen LogP contribution in [0.5, 0.6) is 23.0 Å². The third-order valence-electron chi connectivity index (χ3n) is 7.14. The van der Waals surface area contributed by atoms with Crippen LogP contribution in [0.25, 0.3) is 22.3 Å². The molecule has 6 rings (SSSR count). The van der Waals surface area contributed by atoms with Crippen molar-refractivity contribution in [3.8, 4) is 45.3 Å². The Balaban J connectivity index is 0.893. The first-order valence-corrected chi connectivity index (χ1v) is 14.9. The molecule has 0 aliphatic carbocycles. The second-order valence-corrected chi connectivity index (χ2v) is 11.0. The van der Waals surface area contributed by atoms with Gasteiger partial charge in [0, 0.05) is 0 Å². The number of hydrogen-bond acceptors (Lipinski definition) is 7. The second kappa shape index (κ2) is 14.0. The van der Waals surface area contributed by atoms with Crippen LogP contribution in [0.15, 0.2) is 97.1 Å². The summed E-state index contributed by atoms with van der Waals surface area (Å²) >= 11 is 0. The smallest absolute Gasteiger partial charge is 0.119 e. The molecule has 0 amide bonds. The Morgan fingerprint density at radius 3 is 1.12 bits per heavy atom. The van der Waals surface area contributed by atoms with E-state index in [1.807, 2.05) is 62.4 Å². The molecule has 0 aromatic heterocycles. The maximum absolute atomic E-state index is 6.06. The van der Waals surface area contributed by atoms with Gasteiger partial charge in [0.15, 0.2) is 0 Å². The topological polar surface area (TPSA) is 71.2 Å². The zero-order chi connectivity index (χ0) is 29.4. The third-order valence-corrected chi connectivity index (χ3v) is 7.14. The van der Waals surface area contributed by atoms with Crippen molar-refractivity contribution in [1.82, 2.24) is 0 Å². The monoisotopic (exact) mass is 582 g/mol. The van der Waals surface area contributed by atoms with Crippen molar-refractivity contribution in [2.24, 2.45) is 0 Å². The number of benzene rings is 4. The first-order chi connectivity index (χ1) is 21.1. The first-order valence-electron chi connectivity index (χ1n) is 14.9. The van der Waals surface area contributed by atoms with Crippen LogP contribution in [0.2, 0.25) is 0 Å². The van der Waals surface area contributed by atoms with Crippen LogP contribution < -0.4 is 18.9 Å². The molecule has 0 radical (unpaired) electrons. The van der Waals surface area contributed by atoms with E-state index in [4.69, 9.17) is 33.2 Å². The normalized spacial score (nSPS) is 18.4. The molecule has 2 aliphatic rings. The van der Waals surface area contributed by atoms with Gasteiger partial charge in [0.2, 0.25) is 0 Å². The van der Waals surface area contributed by atoms with E-state index in [-0.39, 0.29) is 24.4 Å². The van der Waals surface area contributed by atoms with Gasteiger partial charge in [0.05, 0.1) is 26.4 Å². The summed E-state index contributed by atoms with van der Waals surface area (Å²) in [7, 11) is 0. The molecule has 2 saturated heterocycles. The summed E-state index contributed by atoms with van der Waals surface area (Å²) in [5, 5.41) is 0. The largest absolute Gasteiger partial charge is 0.491 e. The minimum absolute atomic E-state index is 0.0944. The van der Waals surface area contributed by atoms with Gasteiger partial charge in [-0.05, 0) is 84.6 Å². The molecule has 7 heteroatoms. The highest BCUT2D eigenvalue weighted by molar-refractivity contribution is 5.65. The molecular formula is C36H38O7. The van der Waals surface area contributed by atoms with E-state index in [9.17, 15) is 0 Å². The van der Waals surface area contributed by atoms with Gasteiger partial charge < -0.3 is 33.2 Å². The molecule has 224 valence electrons. The summed E-state index contributed by atoms with van der Waals surface area (Å²) in [6.07, 6.45) is 0.320. The molecule has 0 N–H and O–H groups in total. The lowest BCUT2D eigenvalue weighted by Gasteiger charge is -2.18. The molecule has 0 bridgehead atoms. The molecule has 7 nitrogen and oxygen atoms in total. The van der Waals surface area contributed by atoms with Crippen molar-refractivity contribution in [2.45, 2.75) is 38.3 Å². The van der Waals surface area contributed by atoms with E-state index in [0.29, 0.717) is 26.4 Å². The van der Waals surface area contributed by atoms with Gasteiger partial charge in [-0.15, -0.1) is 0 Å². The Morgan fingerprint density at radius 2 is 0.814 bits per heavy atom. The lowest BCUT2D eigenvalue weighted by atomic mass is 10.1. The summed E-state index contributed by atoms with van der Waals surface area (Å²) in [5.74, 6) is 3.33. The van der Waals surface area contributed by atoms with E-state index < -0.39 is 0 Å². The van der Waals surface area contributed by atoms with Crippen LogP contribution in [0.1, 0.15) is 13.8 Å². The summed E-state index contributed by atoms with van der Waals surface area (Å²) in [4.78, 5) is 0. The molecule has 4 aromatic rings. The predicted molar refractivity (Wildman–Crippen MR) is 165 cm³/mol. The number of epoxide rings is 2. The van der Waals surface area contributed by atoms with Crippen LogP contribution in [0, 0.1) is 0 Å². The molecule has 4 aromatic carbocycles. The summed E-state index contributed by atoms with van der Waals surface area (Å²) in [6, 6.07) is 32.4. The highest BCUT2D eigenvalue weighted by Crippen LogP contribution is 2.27. The Bertz CT molecular complexity index is 1300. The molecular weight excluding hydrogens is 544 g/mol. The molecule has 2 heterocycles. The SMILES string of the molecule is CC(COCC(C)Oc1ccc(-c2ccc(OCC3CO3)cc2)cc1)Oc1ccc(-c2ccc(OCC3CO3)cc2)cc1. The standard InChI is InChI=1S/C36H38O7/c1-25(42-33-15-7-29(8-16-33)27-3-11-31(12-4-27)38-21-35-23-40-35)19-37-20-26(2)43-34-17-9-30(10-18-34)28-5-13-32(14-6-28)39-22-36-24-41-36/h3-18,25-26,35-36H,19-24H2,1-2H3. The fourth-order valence-corrected chi connectivity index (χ4v) is 4.58. The average molecular weight is 583 g/mol. The van der Waals surface area contributed by atoms with E-state index in [1.54, 1.807) is 0 Å². The van der Waals surface area contributed by atoms with Crippen LogP contribution >= 0.6 is 0 Å². The van der Waals surface area contributed by atoms with E-state index in [2.05, 4.69) is 48.5 Å². The van der Waals surface area contributed by atoms with Gasteiger partial charge in [-0.1, -0.05) is 48.5 Å². The van der Waals surface area contributed by atoms with E-state index in [0.717, 1.165) is 58.5 Å². The third kappa shape index (κ3) is 8.97. The maximum atomic E-state index is 6.06. The van der Waals surface area contributed by atoms with Gasteiger partial charge in [-0.25, -0.2) is 0 Å². The van der Waals surface area contributed by atoms with Gasteiger partial charge in [0.1, 0.15) is 60.6 Å². The number of ether oxygens (including phenoxy) is 7. The highest BCUT2D eigenvalue weighted by atomic mass is 16.6. The van der Waals surface area contributed by atoms with Crippen molar-refractivity contribution >= 4 is 0 Å². The second-order valence-electron chi connectivity index (χ2n) is 11.0. The van der Waals surface area contributed by atoms with Gasteiger partial charge in [-0.3, -0.25) is 0 Å². The zero-order valence-corrected chi connectivity index (χ0v) is 24.6. The lowest BCUT2D eigenvalue weighted by molar-refractivity contribution is 0.0188. The van der Waals surface area contributed by atoms with Crippen molar-refractivity contribution in [1.29, 1.82) is 0 Å².